The van der Waals surface area contributed by atoms with Crippen LogP contribution in [0.25, 0.3) is 28.0 Å². The second-order valence-corrected chi connectivity index (χ2v) is 6.52. The van der Waals surface area contributed by atoms with Crippen LogP contribution < -0.4 is 14.9 Å². The normalized spacial score (nSPS) is 15.3. The van der Waals surface area contributed by atoms with E-state index in [0.717, 1.165) is 11.1 Å². The Labute approximate surface area is 139 Å². The fraction of sp³-hybridized carbons (Fsp3) is 0.263. The van der Waals surface area contributed by atoms with Gasteiger partial charge in [-0.1, -0.05) is 0 Å². The van der Waals surface area contributed by atoms with Gasteiger partial charge in [-0.05, 0) is 38.1 Å². The van der Waals surface area contributed by atoms with Gasteiger partial charge in [0.25, 0.3) is 0 Å². The van der Waals surface area contributed by atoms with Crippen LogP contribution in [0.2, 0.25) is 0 Å². The van der Waals surface area contributed by atoms with Crippen LogP contribution in [-0.4, -0.2) is 22.3 Å². The molecule has 24 heavy (non-hydrogen) atoms. The maximum Gasteiger partial charge on any atom is 0.202 e. The van der Waals surface area contributed by atoms with Gasteiger partial charge in [0.05, 0.1) is 23.4 Å². The Balaban J connectivity index is 2.26. The number of fused-ring (bicyclic) bond motifs is 4. The number of rotatable bonds is 1. The first-order valence-corrected chi connectivity index (χ1v) is 7.79. The second kappa shape index (κ2) is 4.84. The third-order valence-corrected chi connectivity index (χ3v) is 4.42. The third-order valence-electron chi connectivity index (χ3n) is 4.42. The van der Waals surface area contributed by atoms with Gasteiger partial charge in [0.2, 0.25) is 5.43 Å². The highest BCUT2D eigenvalue weighted by molar-refractivity contribution is 6.01. The van der Waals surface area contributed by atoms with Crippen LogP contribution in [-0.2, 0) is 7.05 Å². The summed E-state index contributed by atoms with van der Waals surface area (Å²) in [6.07, 6.45) is 5.69. The largest absolute Gasteiger partial charge is 0.496 e. The molecule has 5 heteroatoms. The molecule has 0 amide bonds. The molecular formula is C19H18N2O3. The molecule has 4 rings (SSSR count). The first-order chi connectivity index (χ1) is 11.4. The van der Waals surface area contributed by atoms with Crippen molar-refractivity contribution in [2.75, 3.05) is 7.11 Å². The minimum atomic E-state index is -0.403. The lowest BCUT2D eigenvalue weighted by Crippen LogP contribution is -2.28. The summed E-state index contributed by atoms with van der Waals surface area (Å²) in [5.41, 5.74) is 1.80. The number of benzene rings is 1. The Morgan fingerprint density at radius 2 is 2.12 bits per heavy atom. The van der Waals surface area contributed by atoms with Crippen LogP contribution in [0.15, 0.2) is 35.3 Å². The lowest BCUT2D eigenvalue weighted by Gasteiger charge is -2.29. The van der Waals surface area contributed by atoms with Crippen LogP contribution in [0, 0.1) is 0 Å². The Kier molecular flexibility index (Phi) is 2.97. The lowest BCUT2D eigenvalue weighted by atomic mass is 9.98. The number of methoxy groups -OCH3 is 1. The molecule has 122 valence electrons. The number of hydrogen-bond acceptors (Lipinski definition) is 4. The fourth-order valence-electron chi connectivity index (χ4n) is 3.29. The van der Waals surface area contributed by atoms with E-state index in [1.807, 2.05) is 37.6 Å². The summed E-state index contributed by atoms with van der Waals surface area (Å²) >= 11 is 0. The quantitative estimate of drug-likeness (QED) is 0.645. The summed E-state index contributed by atoms with van der Waals surface area (Å²) in [5.74, 6) is 1.22. The Morgan fingerprint density at radius 1 is 1.33 bits per heavy atom. The molecule has 0 fully saturated rings. The molecule has 0 spiro atoms. The van der Waals surface area contributed by atoms with Crippen LogP contribution in [0.3, 0.4) is 0 Å². The monoisotopic (exact) mass is 322 g/mol. The summed E-state index contributed by atoms with van der Waals surface area (Å²) < 4.78 is 13.5. The Bertz CT molecular complexity index is 1080. The molecule has 3 aromatic rings. The second-order valence-electron chi connectivity index (χ2n) is 6.52. The highest BCUT2D eigenvalue weighted by atomic mass is 16.5. The maximum absolute atomic E-state index is 13.0. The standard InChI is InChI=1S/C19H18N2O3/c1-19(2)8-7-11-13(24-19)10-14(23-4)15-16(11)21(3)18-12(17(15)22)6-5-9-20-18/h5-10H,1-4H3. The van der Waals surface area contributed by atoms with Crippen molar-refractivity contribution in [2.45, 2.75) is 19.4 Å². The van der Waals surface area contributed by atoms with Crippen molar-refractivity contribution in [3.05, 3.63) is 46.3 Å². The molecule has 0 aliphatic carbocycles. The van der Waals surface area contributed by atoms with Gasteiger partial charge in [-0.15, -0.1) is 0 Å². The van der Waals surface area contributed by atoms with Crippen LogP contribution in [0.4, 0.5) is 0 Å². The van der Waals surface area contributed by atoms with Gasteiger partial charge in [0.1, 0.15) is 22.7 Å². The molecule has 0 unspecified atom stereocenters. The van der Waals surface area contributed by atoms with E-state index in [2.05, 4.69) is 4.98 Å². The van der Waals surface area contributed by atoms with Gasteiger partial charge < -0.3 is 14.0 Å². The molecule has 0 saturated carbocycles. The number of hydrogen-bond donors (Lipinski definition) is 0. The molecule has 0 N–H and O–H groups in total. The first-order valence-electron chi connectivity index (χ1n) is 7.79. The van der Waals surface area contributed by atoms with E-state index < -0.39 is 5.60 Å². The molecule has 0 radical (unpaired) electrons. The van der Waals surface area contributed by atoms with E-state index in [-0.39, 0.29) is 5.43 Å². The van der Waals surface area contributed by atoms with E-state index in [0.29, 0.717) is 27.9 Å². The Morgan fingerprint density at radius 3 is 2.88 bits per heavy atom. The minimum Gasteiger partial charge on any atom is -0.496 e. The van der Waals surface area contributed by atoms with Crippen molar-refractivity contribution < 1.29 is 9.47 Å². The molecule has 0 bridgehead atoms. The number of aryl methyl sites for hydroxylation is 1. The van der Waals surface area contributed by atoms with Crippen LogP contribution >= 0.6 is 0 Å². The van der Waals surface area contributed by atoms with Crippen molar-refractivity contribution in [3.63, 3.8) is 0 Å². The predicted octanol–water partition coefficient (Wildman–Crippen LogP) is 3.28. The average Bonchev–Trinajstić information content (AvgIpc) is 2.57. The zero-order chi connectivity index (χ0) is 17.1. The molecule has 3 heterocycles. The molecule has 1 aliphatic rings. The number of nitrogens with zero attached hydrogens (tertiary/aromatic N) is 2. The smallest absolute Gasteiger partial charge is 0.202 e. The van der Waals surface area contributed by atoms with Gasteiger partial charge in [-0.25, -0.2) is 4.98 Å². The zero-order valence-corrected chi connectivity index (χ0v) is 14.1. The summed E-state index contributed by atoms with van der Waals surface area (Å²) in [5, 5.41) is 1.12. The Hall–Kier alpha value is -2.82. The summed E-state index contributed by atoms with van der Waals surface area (Å²) in [7, 11) is 3.47. The zero-order valence-electron chi connectivity index (χ0n) is 14.1. The van der Waals surface area contributed by atoms with Crippen molar-refractivity contribution in [3.8, 4) is 11.5 Å². The molecule has 0 atom stereocenters. The SMILES string of the molecule is COc1cc2c(c3c1c(=O)c1cccnc1n3C)C=CC(C)(C)O2. The van der Waals surface area contributed by atoms with E-state index >= 15 is 0 Å². The summed E-state index contributed by atoms with van der Waals surface area (Å²) in [6, 6.07) is 5.36. The summed E-state index contributed by atoms with van der Waals surface area (Å²) in [6.45, 7) is 3.98. The predicted molar refractivity (Wildman–Crippen MR) is 94.8 cm³/mol. The van der Waals surface area contributed by atoms with Crippen molar-refractivity contribution >= 4 is 28.0 Å². The van der Waals surface area contributed by atoms with Gasteiger partial charge in [-0.3, -0.25) is 4.79 Å². The minimum absolute atomic E-state index is 0.0796. The van der Waals surface area contributed by atoms with Gasteiger partial charge >= 0.3 is 0 Å². The van der Waals surface area contributed by atoms with Crippen LogP contribution in [0.1, 0.15) is 19.4 Å². The number of ether oxygens (including phenoxy) is 2. The molecular weight excluding hydrogens is 304 g/mol. The van der Waals surface area contributed by atoms with Gasteiger partial charge in [0, 0.05) is 24.9 Å². The molecule has 0 saturated heterocycles. The highest BCUT2D eigenvalue weighted by Crippen LogP contribution is 2.40. The molecule has 1 aromatic carbocycles. The van der Waals surface area contributed by atoms with E-state index in [1.165, 1.54) is 0 Å². The number of aromatic nitrogens is 2. The lowest BCUT2D eigenvalue weighted by molar-refractivity contribution is 0.159. The van der Waals surface area contributed by atoms with Crippen molar-refractivity contribution in [2.24, 2.45) is 7.05 Å². The van der Waals surface area contributed by atoms with E-state index in [4.69, 9.17) is 9.47 Å². The average molecular weight is 322 g/mol. The summed E-state index contributed by atoms with van der Waals surface area (Å²) in [4.78, 5) is 17.4. The maximum atomic E-state index is 13.0. The van der Waals surface area contributed by atoms with Crippen molar-refractivity contribution in [1.82, 2.24) is 9.55 Å². The van der Waals surface area contributed by atoms with E-state index in [1.54, 1.807) is 31.5 Å². The molecule has 5 nitrogen and oxygen atoms in total. The van der Waals surface area contributed by atoms with Crippen molar-refractivity contribution in [1.29, 1.82) is 0 Å². The number of pyridine rings is 2. The first kappa shape index (κ1) is 14.8. The van der Waals surface area contributed by atoms with Gasteiger partial charge in [0.15, 0.2) is 0 Å². The highest BCUT2D eigenvalue weighted by Gasteiger charge is 2.27. The fourth-order valence-corrected chi connectivity index (χ4v) is 3.29. The van der Waals surface area contributed by atoms with E-state index in [9.17, 15) is 4.79 Å². The third kappa shape index (κ3) is 1.94. The van der Waals surface area contributed by atoms with Gasteiger partial charge in [-0.2, -0.15) is 0 Å². The molecule has 1 aliphatic heterocycles. The van der Waals surface area contributed by atoms with Crippen LogP contribution in [0.5, 0.6) is 11.5 Å². The molecule has 2 aromatic heterocycles. The topological polar surface area (TPSA) is 53.3 Å².